The molecule has 1 unspecified atom stereocenters. The number of rotatable bonds is 8. The molecule has 1 saturated carbocycles. The number of nitrogens with zero attached hydrogens (tertiary/aromatic N) is 2. The molecule has 3 N–H and O–H groups in total. The summed E-state index contributed by atoms with van der Waals surface area (Å²) in [5.74, 6) is 1.44. The lowest BCUT2D eigenvalue weighted by Gasteiger charge is -2.37. The lowest BCUT2D eigenvalue weighted by molar-refractivity contribution is -0.129. The van der Waals surface area contributed by atoms with Gasteiger partial charge < -0.3 is 15.6 Å². The number of aromatic amines is 1. The molecule has 2 heterocycles. The Bertz CT molecular complexity index is 836. The van der Waals surface area contributed by atoms with Crippen molar-refractivity contribution in [3.8, 4) is 0 Å². The molecular formula is C24H32N4O2. The standard InChI is InChI=1S/C24H32N4O2/c25-23(29)13-20-9-18(11-21-14-26-16-27-21)8-19(10-20)12-22-6-7-24(30)28(22)15-17-4-2-1-3-5-17/h1-5,14,16,18-20,22H,6-13,15H2,(H2,25,29)(H,26,27)/t18?,19-,20+,22-/m0/s1. The number of likely N-dealkylation sites (tertiary alicyclic amines) is 1. The highest BCUT2D eigenvalue weighted by molar-refractivity contribution is 5.78. The lowest BCUT2D eigenvalue weighted by atomic mass is 9.70. The first-order valence-corrected chi connectivity index (χ1v) is 11.2. The van der Waals surface area contributed by atoms with Gasteiger partial charge in [0.05, 0.1) is 6.33 Å². The topological polar surface area (TPSA) is 92.1 Å². The Morgan fingerprint density at radius 3 is 2.63 bits per heavy atom. The number of amides is 2. The molecule has 2 fully saturated rings. The number of nitrogens with two attached hydrogens (primary N) is 1. The van der Waals surface area contributed by atoms with E-state index in [0.29, 0.717) is 43.2 Å². The van der Waals surface area contributed by atoms with Crippen molar-refractivity contribution in [1.29, 1.82) is 0 Å². The van der Waals surface area contributed by atoms with E-state index >= 15 is 0 Å². The Kier molecular flexibility index (Phi) is 6.50. The predicted octanol–water partition coefficient (Wildman–Crippen LogP) is 3.44. The normalized spacial score (nSPS) is 26.8. The van der Waals surface area contributed by atoms with Crippen LogP contribution in [0.1, 0.15) is 56.2 Å². The van der Waals surface area contributed by atoms with E-state index in [1.165, 1.54) is 5.56 Å². The van der Waals surface area contributed by atoms with E-state index in [0.717, 1.165) is 44.2 Å². The molecule has 30 heavy (non-hydrogen) atoms. The van der Waals surface area contributed by atoms with E-state index in [-0.39, 0.29) is 11.8 Å². The minimum absolute atomic E-state index is 0.206. The molecule has 6 heteroatoms. The summed E-state index contributed by atoms with van der Waals surface area (Å²) < 4.78 is 0. The Hall–Kier alpha value is -2.63. The highest BCUT2D eigenvalue weighted by Gasteiger charge is 2.36. The number of carbonyl (C=O) groups excluding carboxylic acids is 2. The minimum Gasteiger partial charge on any atom is -0.370 e. The molecule has 2 aromatic rings. The molecule has 1 saturated heterocycles. The van der Waals surface area contributed by atoms with Crippen molar-refractivity contribution in [2.75, 3.05) is 0 Å². The van der Waals surface area contributed by atoms with Gasteiger partial charge in [0.2, 0.25) is 11.8 Å². The molecule has 1 aliphatic carbocycles. The molecule has 2 aliphatic rings. The number of nitrogens with one attached hydrogen (secondary N) is 1. The van der Waals surface area contributed by atoms with E-state index in [4.69, 9.17) is 5.73 Å². The molecule has 4 atom stereocenters. The van der Waals surface area contributed by atoms with Crippen LogP contribution < -0.4 is 5.73 Å². The molecule has 160 valence electrons. The number of H-pyrrole nitrogens is 1. The third-order valence-electron chi connectivity index (χ3n) is 6.81. The van der Waals surface area contributed by atoms with E-state index in [1.807, 2.05) is 24.4 Å². The predicted molar refractivity (Wildman–Crippen MR) is 115 cm³/mol. The van der Waals surface area contributed by atoms with Gasteiger partial charge in [0.25, 0.3) is 0 Å². The van der Waals surface area contributed by atoms with Gasteiger partial charge in [-0.2, -0.15) is 0 Å². The summed E-state index contributed by atoms with van der Waals surface area (Å²) in [6.45, 7) is 0.694. The molecule has 1 aromatic heterocycles. The third-order valence-corrected chi connectivity index (χ3v) is 6.81. The highest BCUT2D eigenvalue weighted by Crippen LogP contribution is 2.40. The molecule has 0 bridgehead atoms. The van der Waals surface area contributed by atoms with Crippen molar-refractivity contribution in [3.63, 3.8) is 0 Å². The summed E-state index contributed by atoms with van der Waals surface area (Å²) in [7, 11) is 0. The number of imidazole rings is 1. The summed E-state index contributed by atoms with van der Waals surface area (Å²) >= 11 is 0. The monoisotopic (exact) mass is 408 g/mol. The van der Waals surface area contributed by atoms with Crippen molar-refractivity contribution in [3.05, 3.63) is 54.1 Å². The second kappa shape index (κ2) is 9.45. The van der Waals surface area contributed by atoms with Crippen LogP contribution in [0.4, 0.5) is 0 Å². The summed E-state index contributed by atoms with van der Waals surface area (Å²) in [6.07, 6.45) is 10.9. The number of benzene rings is 1. The lowest BCUT2D eigenvalue weighted by Crippen LogP contribution is -2.36. The first-order chi connectivity index (χ1) is 14.6. The van der Waals surface area contributed by atoms with Gasteiger partial charge in [-0.15, -0.1) is 0 Å². The van der Waals surface area contributed by atoms with Crippen molar-refractivity contribution >= 4 is 11.8 Å². The van der Waals surface area contributed by atoms with Gasteiger partial charge in [0.15, 0.2) is 0 Å². The second-order valence-corrected chi connectivity index (χ2v) is 9.19. The zero-order valence-electron chi connectivity index (χ0n) is 17.5. The molecule has 2 amide bonds. The van der Waals surface area contributed by atoms with Crippen molar-refractivity contribution in [1.82, 2.24) is 14.9 Å². The van der Waals surface area contributed by atoms with Crippen LogP contribution in [0, 0.1) is 17.8 Å². The maximum absolute atomic E-state index is 12.6. The zero-order valence-corrected chi connectivity index (χ0v) is 17.5. The summed E-state index contributed by atoms with van der Waals surface area (Å²) in [5.41, 5.74) is 7.87. The summed E-state index contributed by atoms with van der Waals surface area (Å²) in [4.78, 5) is 33.6. The van der Waals surface area contributed by atoms with Crippen LogP contribution in [-0.4, -0.2) is 32.7 Å². The third kappa shape index (κ3) is 5.29. The molecule has 4 rings (SSSR count). The maximum Gasteiger partial charge on any atom is 0.223 e. The number of hydrogen-bond acceptors (Lipinski definition) is 3. The summed E-state index contributed by atoms with van der Waals surface area (Å²) in [6, 6.07) is 10.5. The van der Waals surface area contributed by atoms with Crippen molar-refractivity contribution in [2.45, 2.75) is 64.0 Å². The van der Waals surface area contributed by atoms with Crippen LogP contribution in [0.3, 0.4) is 0 Å². The van der Waals surface area contributed by atoms with E-state index in [2.05, 4.69) is 27.0 Å². The van der Waals surface area contributed by atoms with Gasteiger partial charge in [-0.3, -0.25) is 9.59 Å². The summed E-state index contributed by atoms with van der Waals surface area (Å²) in [5, 5.41) is 0. The van der Waals surface area contributed by atoms with Gasteiger partial charge >= 0.3 is 0 Å². The average molecular weight is 409 g/mol. The van der Waals surface area contributed by atoms with Crippen LogP contribution in [0.2, 0.25) is 0 Å². The first kappa shape index (κ1) is 20.6. The van der Waals surface area contributed by atoms with Crippen molar-refractivity contribution in [2.24, 2.45) is 23.5 Å². The van der Waals surface area contributed by atoms with Gasteiger partial charge in [-0.1, -0.05) is 30.3 Å². The Morgan fingerprint density at radius 1 is 1.13 bits per heavy atom. The fourth-order valence-electron chi connectivity index (χ4n) is 5.64. The smallest absolute Gasteiger partial charge is 0.223 e. The van der Waals surface area contributed by atoms with Crippen LogP contribution in [0.15, 0.2) is 42.9 Å². The number of hydrogen-bond donors (Lipinski definition) is 2. The van der Waals surface area contributed by atoms with E-state index < -0.39 is 0 Å². The maximum atomic E-state index is 12.6. The molecule has 6 nitrogen and oxygen atoms in total. The molecule has 0 radical (unpaired) electrons. The zero-order chi connectivity index (χ0) is 20.9. The Labute approximate surface area is 178 Å². The van der Waals surface area contributed by atoms with E-state index in [1.54, 1.807) is 6.33 Å². The molecule has 1 aromatic carbocycles. The van der Waals surface area contributed by atoms with Gasteiger partial charge in [-0.05, 0) is 61.8 Å². The fraction of sp³-hybridized carbons (Fsp3) is 0.542. The first-order valence-electron chi connectivity index (χ1n) is 11.2. The second-order valence-electron chi connectivity index (χ2n) is 9.19. The Morgan fingerprint density at radius 2 is 1.90 bits per heavy atom. The van der Waals surface area contributed by atoms with Gasteiger partial charge in [0, 0.05) is 37.3 Å². The molecule has 1 aliphatic heterocycles. The van der Waals surface area contributed by atoms with Crippen LogP contribution in [-0.2, 0) is 22.6 Å². The van der Waals surface area contributed by atoms with Crippen molar-refractivity contribution < 1.29 is 9.59 Å². The largest absolute Gasteiger partial charge is 0.370 e. The number of primary amides is 1. The highest BCUT2D eigenvalue weighted by atomic mass is 16.2. The molecular weight excluding hydrogens is 376 g/mol. The van der Waals surface area contributed by atoms with Crippen LogP contribution >= 0.6 is 0 Å². The Balaban J connectivity index is 1.42. The minimum atomic E-state index is -0.206. The van der Waals surface area contributed by atoms with Crippen LogP contribution in [0.5, 0.6) is 0 Å². The number of carbonyl (C=O) groups is 2. The van der Waals surface area contributed by atoms with Crippen LogP contribution in [0.25, 0.3) is 0 Å². The quantitative estimate of drug-likeness (QED) is 0.701. The van der Waals surface area contributed by atoms with E-state index in [9.17, 15) is 9.59 Å². The van der Waals surface area contributed by atoms with Gasteiger partial charge in [0.1, 0.15) is 0 Å². The SMILES string of the molecule is NC(=O)C[C@@H]1CC(Cc2cnc[nH]2)C[C@H](C[C@@H]2CCC(=O)N2Cc2ccccc2)C1. The average Bonchev–Trinajstić information content (AvgIpc) is 3.33. The number of aromatic nitrogens is 2. The molecule has 0 spiro atoms. The fourth-order valence-corrected chi connectivity index (χ4v) is 5.64. The van der Waals surface area contributed by atoms with Gasteiger partial charge in [-0.25, -0.2) is 4.98 Å².